The number of carboxylic acids is 2. The average molecular weight is 443 g/mol. The van der Waals surface area contributed by atoms with Gasteiger partial charge in [-0.2, -0.15) is 0 Å². The smallest absolute Gasteiger partial charge is 0.320 e. The van der Waals surface area contributed by atoms with E-state index in [1.165, 1.54) is 71.3 Å². The molecule has 0 spiro atoms. The van der Waals surface area contributed by atoms with Gasteiger partial charge in [0.25, 0.3) is 0 Å². The molecule has 0 radical (unpaired) electrons. The minimum atomic E-state index is -1.66. The van der Waals surface area contributed by atoms with Gasteiger partial charge in [-0.1, -0.05) is 71.1 Å². The number of carboxylic acid groups (broad SMARTS) is 2. The van der Waals surface area contributed by atoms with Crippen molar-refractivity contribution in [2.24, 2.45) is 5.41 Å². The van der Waals surface area contributed by atoms with Gasteiger partial charge in [-0.25, -0.2) is 0 Å². The Kier molecular flexibility index (Phi) is 17.8. The molecule has 0 aliphatic heterocycles. The molecule has 0 aromatic rings. The van der Waals surface area contributed by atoms with E-state index in [0.29, 0.717) is 6.42 Å². The zero-order valence-corrected chi connectivity index (χ0v) is 20.8. The van der Waals surface area contributed by atoms with Crippen LogP contribution in [0.3, 0.4) is 0 Å². The summed E-state index contributed by atoms with van der Waals surface area (Å²) in [7, 11) is 4.23. The van der Waals surface area contributed by atoms with Crippen molar-refractivity contribution in [1.29, 1.82) is 0 Å². The van der Waals surface area contributed by atoms with Crippen LogP contribution in [-0.2, 0) is 9.59 Å². The highest BCUT2D eigenvalue weighted by Crippen LogP contribution is 2.25. The van der Waals surface area contributed by atoms with E-state index in [-0.39, 0.29) is 6.42 Å². The topological polar surface area (TPSA) is 81.1 Å². The van der Waals surface area contributed by atoms with E-state index in [2.05, 4.69) is 30.8 Å². The van der Waals surface area contributed by atoms with Crippen LogP contribution in [0.15, 0.2) is 0 Å². The molecule has 0 aliphatic carbocycles. The van der Waals surface area contributed by atoms with Gasteiger partial charge in [-0.3, -0.25) is 9.59 Å². The fourth-order valence-electron chi connectivity index (χ4n) is 3.89. The van der Waals surface area contributed by atoms with Gasteiger partial charge < -0.3 is 20.0 Å². The van der Waals surface area contributed by atoms with E-state index in [4.69, 9.17) is 0 Å². The molecule has 2 N–H and O–H groups in total. The summed E-state index contributed by atoms with van der Waals surface area (Å²) in [5.74, 6) is -2.48. The molecule has 0 aromatic heterocycles. The molecular formula is C25H50N2O4. The third-order valence-corrected chi connectivity index (χ3v) is 6.25. The molecule has 0 fully saturated rings. The fourth-order valence-corrected chi connectivity index (χ4v) is 3.89. The van der Waals surface area contributed by atoms with E-state index < -0.39 is 17.4 Å². The van der Waals surface area contributed by atoms with Crippen LogP contribution in [0, 0.1) is 5.41 Å². The molecule has 31 heavy (non-hydrogen) atoms. The van der Waals surface area contributed by atoms with Crippen LogP contribution in [0.2, 0.25) is 0 Å². The first-order valence-electron chi connectivity index (χ1n) is 12.6. The van der Waals surface area contributed by atoms with Crippen LogP contribution in [0.5, 0.6) is 0 Å². The van der Waals surface area contributed by atoms with Crippen molar-refractivity contribution in [2.75, 3.05) is 40.3 Å². The van der Waals surface area contributed by atoms with Gasteiger partial charge in [0.15, 0.2) is 5.41 Å². The SMILES string of the molecule is CCCCCCCCCCN(CCCCCCC(C)(C(=O)O)C(=O)O)CCCN(C)C. The highest BCUT2D eigenvalue weighted by atomic mass is 16.4. The van der Waals surface area contributed by atoms with Gasteiger partial charge in [0.1, 0.15) is 0 Å². The molecule has 0 aliphatic rings. The maximum absolute atomic E-state index is 11.2. The molecule has 184 valence electrons. The van der Waals surface area contributed by atoms with Crippen molar-refractivity contribution in [3.63, 3.8) is 0 Å². The zero-order valence-electron chi connectivity index (χ0n) is 20.8. The van der Waals surface area contributed by atoms with Gasteiger partial charge in [0.05, 0.1) is 0 Å². The lowest BCUT2D eigenvalue weighted by atomic mass is 9.85. The van der Waals surface area contributed by atoms with Crippen molar-refractivity contribution in [3.05, 3.63) is 0 Å². The van der Waals surface area contributed by atoms with Crippen LogP contribution in [-0.4, -0.2) is 72.2 Å². The summed E-state index contributed by atoms with van der Waals surface area (Å²) in [5, 5.41) is 18.4. The van der Waals surface area contributed by atoms with Gasteiger partial charge in [-0.05, 0) is 72.9 Å². The Balaban J connectivity index is 4.10. The Morgan fingerprint density at radius 3 is 1.52 bits per heavy atom. The number of carbonyl (C=O) groups is 2. The van der Waals surface area contributed by atoms with Crippen LogP contribution >= 0.6 is 0 Å². The number of unbranched alkanes of at least 4 members (excludes halogenated alkanes) is 10. The number of aliphatic carboxylic acids is 2. The molecule has 0 rings (SSSR count). The summed E-state index contributed by atoms with van der Waals surface area (Å²) >= 11 is 0. The molecule has 6 nitrogen and oxygen atoms in total. The van der Waals surface area contributed by atoms with Gasteiger partial charge in [0, 0.05) is 0 Å². The lowest BCUT2D eigenvalue weighted by Crippen LogP contribution is -2.36. The Morgan fingerprint density at radius 2 is 1.06 bits per heavy atom. The first-order chi connectivity index (χ1) is 14.7. The van der Waals surface area contributed by atoms with E-state index in [1.54, 1.807) is 0 Å². The van der Waals surface area contributed by atoms with Crippen LogP contribution in [0.25, 0.3) is 0 Å². The second-order valence-corrected chi connectivity index (χ2v) is 9.58. The fraction of sp³-hybridized carbons (Fsp3) is 0.920. The Bertz CT molecular complexity index is 454. The summed E-state index contributed by atoms with van der Waals surface area (Å²) in [4.78, 5) is 27.3. The Labute approximate surface area is 191 Å². The van der Waals surface area contributed by atoms with Crippen molar-refractivity contribution >= 4 is 11.9 Å². The Hall–Kier alpha value is -1.14. The molecule has 0 atom stereocenters. The van der Waals surface area contributed by atoms with Gasteiger partial charge in [-0.15, -0.1) is 0 Å². The maximum Gasteiger partial charge on any atom is 0.320 e. The quantitative estimate of drug-likeness (QED) is 0.170. The zero-order chi connectivity index (χ0) is 23.5. The number of hydrogen-bond acceptors (Lipinski definition) is 4. The minimum Gasteiger partial charge on any atom is -0.480 e. The number of nitrogens with zero attached hydrogens (tertiary/aromatic N) is 2. The first-order valence-corrected chi connectivity index (χ1v) is 12.6. The van der Waals surface area contributed by atoms with Crippen LogP contribution in [0.4, 0.5) is 0 Å². The van der Waals surface area contributed by atoms with Gasteiger partial charge >= 0.3 is 11.9 Å². The van der Waals surface area contributed by atoms with E-state index in [1.807, 2.05) is 0 Å². The predicted molar refractivity (Wildman–Crippen MR) is 129 cm³/mol. The maximum atomic E-state index is 11.2. The normalized spacial score (nSPS) is 12.1. The molecule has 6 heteroatoms. The first kappa shape index (κ1) is 29.9. The minimum absolute atomic E-state index is 0.197. The van der Waals surface area contributed by atoms with Crippen molar-refractivity contribution in [2.45, 2.75) is 104 Å². The predicted octanol–water partition coefficient (Wildman–Crippen LogP) is 5.51. The second kappa shape index (κ2) is 18.4. The van der Waals surface area contributed by atoms with Gasteiger partial charge in [0.2, 0.25) is 0 Å². The highest BCUT2D eigenvalue weighted by molar-refractivity contribution is 5.97. The second-order valence-electron chi connectivity index (χ2n) is 9.58. The highest BCUT2D eigenvalue weighted by Gasteiger charge is 2.40. The Morgan fingerprint density at radius 1 is 0.645 bits per heavy atom. The molecular weight excluding hydrogens is 392 g/mol. The molecule has 0 amide bonds. The molecule has 0 saturated carbocycles. The molecule has 0 unspecified atom stereocenters. The third-order valence-electron chi connectivity index (χ3n) is 6.25. The van der Waals surface area contributed by atoms with Crippen molar-refractivity contribution < 1.29 is 19.8 Å². The molecule has 0 saturated heterocycles. The number of rotatable bonds is 22. The molecule has 0 heterocycles. The lowest BCUT2D eigenvalue weighted by Gasteiger charge is -2.23. The van der Waals surface area contributed by atoms with E-state index in [9.17, 15) is 19.8 Å². The van der Waals surface area contributed by atoms with E-state index >= 15 is 0 Å². The molecule has 0 bridgehead atoms. The van der Waals surface area contributed by atoms with Crippen molar-refractivity contribution in [1.82, 2.24) is 9.80 Å². The summed E-state index contributed by atoms with van der Waals surface area (Å²) in [6.45, 7) is 8.06. The van der Waals surface area contributed by atoms with Crippen LogP contribution < -0.4 is 0 Å². The van der Waals surface area contributed by atoms with Crippen LogP contribution in [0.1, 0.15) is 104 Å². The van der Waals surface area contributed by atoms with E-state index in [0.717, 1.165) is 38.9 Å². The molecule has 0 aromatic carbocycles. The lowest BCUT2D eigenvalue weighted by molar-refractivity contribution is -0.163. The van der Waals surface area contributed by atoms with Crippen molar-refractivity contribution in [3.8, 4) is 0 Å². The average Bonchev–Trinajstić information content (AvgIpc) is 2.71. The third kappa shape index (κ3) is 15.3. The summed E-state index contributed by atoms with van der Waals surface area (Å²) < 4.78 is 0. The summed E-state index contributed by atoms with van der Waals surface area (Å²) in [5.41, 5.74) is -1.66. The number of hydrogen-bond donors (Lipinski definition) is 2. The standard InChI is InChI=1S/C25H50N2O4/c1-5-6-7-8-9-10-12-15-20-27(22-17-19-26(3)4)21-16-13-11-14-18-25(2,23(28)29)24(30)31/h5-22H2,1-4H3,(H,28,29)(H,30,31). The summed E-state index contributed by atoms with van der Waals surface area (Å²) in [6, 6.07) is 0. The largest absolute Gasteiger partial charge is 0.480 e. The summed E-state index contributed by atoms with van der Waals surface area (Å²) in [6.07, 6.45) is 15.8. The monoisotopic (exact) mass is 442 g/mol.